The molecule has 0 unspecified atom stereocenters. The summed E-state index contributed by atoms with van der Waals surface area (Å²) in [5, 5.41) is 16.8. The smallest absolute Gasteiger partial charge is 0.110 e. The molecule has 0 amide bonds. The van der Waals surface area contributed by atoms with Crippen LogP contribution >= 0.6 is 15.9 Å². The van der Waals surface area contributed by atoms with Crippen LogP contribution in [0.5, 0.6) is 0 Å². The van der Waals surface area contributed by atoms with Gasteiger partial charge < -0.3 is 4.57 Å². The number of halogens is 1. The first-order valence-electron chi connectivity index (χ1n) is 2.90. The maximum Gasteiger partial charge on any atom is 0.110 e. The van der Waals surface area contributed by atoms with Gasteiger partial charge in [0.1, 0.15) is 12.6 Å². The van der Waals surface area contributed by atoms with Crippen molar-refractivity contribution in [3.63, 3.8) is 0 Å². The van der Waals surface area contributed by atoms with Gasteiger partial charge in [0.15, 0.2) is 0 Å². The van der Waals surface area contributed by atoms with Gasteiger partial charge in [-0.15, -0.1) is 0 Å². The van der Waals surface area contributed by atoms with Crippen molar-refractivity contribution in [2.45, 2.75) is 6.54 Å². The number of nitrogens with zero attached hydrogens (tertiary/aromatic N) is 3. The highest BCUT2D eigenvalue weighted by atomic mass is 79.9. The van der Waals surface area contributed by atoms with E-state index in [1.165, 1.54) is 0 Å². The Kier molecular flexibility index (Phi) is 2.30. The van der Waals surface area contributed by atoms with Crippen molar-refractivity contribution < 1.29 is 0 Å². The molecular formula is C7H4BrN3. The third-order valence-corrected chi connectivity index (χ3v) is 1.90. The number of rotatable bonds is 1. The highest BCUT2D eigenvalue weighted by Gasteiger charge is 2.00. The second-order valence-electron chi connectivity index (χ2n) is 1.95. The Balaban J connectivity index is 3.02. The molecule has 0 fully saturated rings. The van der Waals surface area contributed by atoms with Gasteiger partial charge in [0.2, 0.25) is 0 Å². The van der Waals surface area contributed by atoms with E-state index in [0.29, 0.717) is 5.56 Å². The number of hydrogen-bond donors (Lipinski definition) is 0. The van der Waals surface area contributed by atoms with Crippen LogP contribution in [0, 0.1) is 22.7 Å². The van der Waals surface area contributed by atoms with Gasteiger partial charge in [-0.05, 0) is 22.0 Å². The highest BCUT2D eigenvalue weighted by molar-refractivity contribution is 9.10. The lowest BCUT2D eigenvalue weighted by Crippen LogP contribution is -1.91. The van der Waals surface area contributed by atoms with Gasteiger partial charge in [-0.25, -0.2) is 0 Å². The Labute approximate surface area is 72.6 Å². The standard InChI is InChI=1S/C7H4BrN3/c8-7-3-6(4-10)5-11(7)2-1-9/h3,5H,2H2. The normalized spacial score (nSPS) is 8.64. The fourth-order valence-corrected chi connectivity index (χ4v) is 1.21. The second-order valence-corrected chi connectivity index (χ2v) is 2.76. The molecule has 1 aromatic heterocycles. The Bertz CT molecular complexity index is 340. The molecule has 1 aromatic rings. The van der Waals surface area contributed by atoms with Crippen LogP contribution in [0.1, 0.15) is 5.56 Å². The lowest BCUT2D eigenvalue weighted by Gasteiger charge is -1.93. The van der Waals surface area contributed by atoms with Crippen LogP contribution in [0.2, 0.25) is 0 Å². The summed E-state index contributed by atoms with van der Waals surface area (Å²) >= 11 is 3.22. The molecule has 1 heterocycles. The maximum atomic E-state index is 8.48. The molecule has 0 aliphatic carbocycles. The second kappa shape index (κ2) is 3.23. The van der Waals surface area contributed by atoms with E-state index >= 15 is 0 Å². The molecule has 0 N–H and O–H groups in total. The van der Waals surface area contributed by atoms with Gasteiger partial charge in [-0.2, -0.15) is 10.5 Å². The molecule has 0 aromatic carbocycles. The van der Waals surface area contributed by atoms with Crippen LogP contribution in [-0.4, -0.2) is 4.57 Å². The molecule has 0 saturated carbocycles. The van der Waals surface area contributed by atoms with E-state index in [1.54, 1.807) is 16.8 Å². The first-order valence-corrected chi connectivity index (χ1v) is 3.70. The topological polar surface area (TPSA) is 52.5 Å². The summed E-state index contributed by atoms with van der Waals surface area (Å²) in [4.78, 5) is 0. The molecule has 0 spiro atoms. The van der Waals surface area contributed by atoms with Crippen LogP contribution in [0.4, 0.5) is 0 Å². The molecule has 3 nitrogen and oxygen atoms in total. The molecular weight excluding hydrogens is 206 g/mol. The molecule has 0 saturated heterocycles. The monoisotopic (exact) mass is 209 g/mol. The summed E-state index contributed by atoms with van der Waals surface area (Å²) in [5.74, 6) is 0. The van der Waals surface area contributed by atoms with E-state index in [4.69, 9.17) is 10.5 Å². The van der Waals surface area contributed by atoms with E-state index in [-0.39, 0.29) is 6.54 Å². The fourth-order valence-electron chi connectivity index (χ4n) is 0.737. The minimum Gasteiger partial charge on any atom is -0.327 e. The summed E-state index contributed by atoms with van der Waals surface area (Å²) in [5.41, 5.74) is 0.562. The first-order chi connectivity index (χ1) is 5.27. The van der Waals surface area contributed by atoms with Crippen molar-refractivity contribution in [2.75, 3.05) is 0 Å². The zero-order valence-electron chi connectivity index (χ0n) is 5.58. The summed E-state index contributed by atoms with van der Waals surface area (Å²) < 4.78 is 2.43. The van der Waals surface area contributed by atoms with Crippen molar-refractivity contribution in [1.82, 2.24) is 4.57 Å². The Morgan fingerprint density at radius 1 is 1.55 bits per heavy atom. The average Bonchev–Trinajstić information content (AvgIpc) is 2.33. The molecule has 54 valence electrons. The molecule has 11 heavy (non-hydrogen) atoms. The summed E-state index contributed by atoms with van der Waals surface area (Å²) in [6.45, 7) is 0.266. The SMILES string of the molecule is N#CCn1cc(C#N)cc1Br. The summed E-state index contributed by atoms with van der Waals surface area (Å²) in [6.07, 6.45) is 1.63. The minimum atomic E-state index is 0.266. The van der Waals surface area contributed by atoms with Gasteiger partial charge in [-0.1, -0.05) is 0 Å². The minimum absolute atomic E-state index is 0.266. The van der Waals surface area contributed by atoms with Crippen molar-refractivity contribution in [1.29, 1.82) is 10.5 Å². The van der Waals surface area contributed by atoms with Crippen molar-refractivity contribution in [3.05, 3.63) is 22.4 Å². The van der Waals surface area contributed by atoms with E-state index in [1.807, 2.05) is 12.1 Å². The van der Waals surface area contributed by atoms with Gasteiger partial charge in [0, 0.05) is 6.20 Å². The van der Waals surface area contributed by atoms with Gasteiger partial charge >= 0.3 is 0 Å². The maximum absolute atomic E-state index is 8.48. The highest BCUT2D eigenvalue weighted by Crippen LogP contribution is 2.13. The van der Waals surface area contributed by atoms with Crippen LogP contribution < -0.4 is 0 Å². The predicted molar refractivity (Wildman–Crippen MR) is 42.5 cm³/mol. The van der Waals surface area contributed by atoms with Crippen molar-refractivity contribution in [3.8, 4) is 12.1 Å². The Morgan fingerprint density at radius 2 is 2.27 bits per heavy atom. The Morgan fingerprint density at radius 3 is 2.73 bits per heavy atom. The van der Waals surface area contributed by atoms with Gasteiger partial charge in [0.05, 0.1) is 16.2 Å². The van der Waals surface area contributed by atoms with E-state index in [2.05, 4.69) is 15.9 Å². The molecule has 0 aliphatic heterocycles. The number of nitriles is 2. The zero-order chi connectivity index (χ0) is 8.27. The largest absolute Gasteiger partial charge is 0.327 e. The number of aromatic nitrogens is 1. The predicted octanol–water partition coefficient (Wildman–Crippen LogP) is 1.65. The van der Waals surface area contributed by atoms with E-state index in [0.717, 1.165) is 4.60 Å². The van der Waals surface area contributed by atoms with Crippen molar-refractivity contribution >= 4 is 15.9 Å². The van der Waals surface area contributed by atoms with Gasteiger partial charge in [-0.3, -0.25) is 0 Å². The molecule has 0 aliphatic rings. The van der Waals surface area contributed by atoms with E-state index in [9.17, 15) is 0 Å². The van der Waals surface area contributed by atoms with Crippen molar-refractivity contribution in [2.24, 2.45) is 0 Å². The molecule has 0 atom stereocenters. The van der Waals surface area contributed by atoms with Crippen LogP contribution in [-0.2, 0) is 6.54 Å². The first kappa shape index (κ1) is 7.84. The molecule has 1 rings (SSSR count). The van der Waals surface area contributed by atoms with E-state index < -0.39 is 0 Å². The van der Waals surface area contributed by atoms with Gasteiger partial charge in [0.25, 0.3) is 0 Å². The lowest BCUT2D eigenvalue weighted by atomic mass is 10.4. The fraction of sp³-hybridized carbons (Fsp3) is 0.143. The molecule has 0 radical (unpaired) electrons. The van der Waals surface area contributed by atoms with Crippen LogP contribution in [0.25, 0.3) is 0 Å². The molecule has 4 heteroatoms. The van der Waals surface area contributed by atoms with Crippen LogP contribution in [0.15, 0.2) is 16.9 Å². The third kappa shape index (κ3) is 1.60. The number of hydrogen-bond acceptors (Lipinski definition) is 2. The average molecular weight is 210 g/mol. The molecule has 0 bridgehead atoms. The lowest BCUT2D eigenvalue weighted by molar-refractivity contribution is 0.819. The third-order valence-electron chi connectivity index (χ3n) is 1.21. The summed E-state index contributed by atoms with van der Waals surface area (Å²) in [6, 6.07) is 5.65. The Hall–Kier alpha value is -1.26. The summed E-state index contributed by atoms with van der Waals surface area (Å²) in [7, 11) is 0. The zero-order valence-corrected chi connectivity index (χ0v) is 7.17. The quantitative estimate of drug-likeness (QED) is 0.707. The van der Waals surface area contributed by atoms with Crippen LogP contribution in [0.3, 0.4) is 0 Å².